The minimum absolute atomic E-state index is 0.0498. The summed E-state index contributed by atoms with van der Waals surface area (Å²) in [5, 5.41) is 4.84. The van der Waals surface area contributed by atoms with Gasteiger partial charge in [0.1, 0.15) is 0 Å². The van der Waals surface area contributed by atoms with Crippen molar-refractivity contribution in [1.29, 1.82) is 0 Å². The smallest absolute Gasteiger partial charge is 0.256 e. The monoisotopic (exact) mass is 435 g/mol. The van der Waals surface area contributed by atoms with Crippen LogP contribution in [0.3, 0.4) is 0 Å². The van der Waals surface area contributed by atoms with Gasteiger partial charge >= 0.3 is 0 Å². The Labute approximate surface area is 132 Å². The van der Waals surface area contributed by atoms with E-state index in [1.807, 2.05) is 29.6 Å². The molecule has 2 nitrogen and oxygen atoms in total. The average molecular weight is 436 g/mol. The molecule has 2 rings (SSSR count). The van der Waals surface area contributed by atoms with Crippen molar-refractivity contribution >= 4 is 61.5 Å². The number of benzene rings is 1. The number of carbonyl (C=O) groups excluding carboxylic acids is 1. The molecule has 2 aromatic rings. The molecule has 18 heavy (non-hydrogen) atoms. The summed E-state index contributed by atoms with van der Waals surface area (Å²) in [7, 11) is 0. The highest BCUT2D eigenvalue weighted by atomic mass is 127. The van der Waals surface area contributed by atoms with Crippen LogP contribution in [0.4, 0.5) is 5.69 Å². The van der Waals surface area contributed by atoms with Crippen LogP contribution in [0.1, 0.15) is 22.8 Å². The molecule has 0 radical (unpaired) electrons. The third-order valence-electron chi connectivity index (χ3n) is 2.53. The molecule has 0 bridgehead atoms. The summed E-state index contributed by atoms with van der Waals surface area (Å²) < 4.78 is 2.15. The Hall–Kier alpha value is -0.400. The number of hydrogen-bond donors (Lipinski definition) is 1. The molecule has 0 saturated heterocycles. The molecule has 1 heterocycles. The Bertz CT molecular complexity index is 582. The van der Waals surface area contributed by atoms with Gasteiger partial charge in [-0.3, -0.25) is 4.79 Å². The van der Waals surface area contributed by atoms with Crippen LogP contribution in [0.5, 0.6) is 0 Å². The molecular weight excluding hydrogens is 425 g/mol. The Morgan fingerprint density at radius 3 is 2.83 bits per heavy atom. The number of thiophene rings is 1. The molecule has 0 fully saturated rings. The van der Waals surface area contributed by atoms with Gasteiger partial charge in [-0.15, -0.1) is 11.3 Å². The third-order valence-corrected chi connectivity index (χ3v) is 4.81. The van der Waals surface area contributed by atoms with Crippen molar-refractivity contribution in [2.45, 2.75) is 13.3 Å². The van der Waals surface area contributed by atoms with Crippen LogP contribution in [-0.4, -0.2) is 5.91 Å². The lowest BCUT2D eigenvalue weighted by atomic mass is 10.1. The largest absolute Gasteiger partial charge is 0.322 e. The lowest BCUT2D eigenvalue weighted by Gasteiger charge is -2.09. The number of hydrogen-bond acceptors (Lipinski definition) is 2. The molecule has 0 aliphatic carbocycles. The molecule has 0 spiro atoms. The van der Waals surface area contributed by atoms with Crippen molar-refractivity contribution in [3.05, 3.63) is 48.1 Å². The Kier molecular flexibility index (Phi) is 4.80. The number of amides is 1. The summed E-state index contributed by atoms with van der Waals surface area (Å²) in [6, 6.07) is 7.79. The first-order chi connectivity index (χ1) is 8.60. The molecular formula is C13H11BrINOS. The van der Waals surface area contributed by atoms with Crippen molar-refractivity contribution in [3.63, 3.8) is 0 Å². The summed E-state index contributed by atoms with van der Waals surface area (Å²) in [6.45, 7) is 2.07. The first-order valence-corrected chi connectivity index (χ1v) is 8.19. The Balaban J connectivity index is 2.21. The van der Waals surface area contributed by atoms with Crippen molar-refractivity contribution in [1.82, 2.24) is 0 Å². The van der Waals surface area contributed by atoms with Gasteiger partial charge in [0.25, 0.3) is 5.91 Å². The quantitative estimate of drug-likeness (QED) is 0.680. The van der Waals surface area contributed by atoms with Crippen LogP contribution >= 0.6 is 49.9 Å². The van der Waals surface area contributed by atoms with Gasteiger partial charge in [0.05, 0.1) is 8.45 Å². The maximum atomic E-state index is 12.1. The maximum Gasteiger partial charge on any atom is 0.256 e. The van der Waals surface area contributed by atoms with Crippen LogP contribution in [0.25, 0.3) is 0 Å². The third kappa shape index (κ3) is 3.33. The zero-order valence-corrected chi connectivity index (χ0v) is 14.2. The second-order valence-corrected chi connectivity index (χ2v) is 7.47. The Morgan fingerprint density at radius 2 is 2.22 bits per heavy atom. The topological polar surface area (TPSA) is 29.1 Å². The van der Waals surface area contributed by atoms with E-state index in [0.717, 1.165) is 30.6 Å². The average Bonchev–Trinajstić information content (AvgIpc) is 2.78. The fourth-order valence-electron chi connectivity index (χ4n) is 1.60. The van der Waals surface area contributed by atoms with Gasteiger partial charge < -0.3 is 5.32 Å². The van der Waals surface area contributed by atoms with E-state index in [4.69, 9.17) is 0 Å². The molecule has 1 aromatic carbocycles. The van der Waals surface area contributed by atoms with E-state index in [9.17, 15) is 4.79 Å². The number of rotatable bonds is 3. The fourth-order valence-corrected chi connectivity index (χ4v) is 3.34. The van der Waals surface area contributed by atoms with E-state index in [2.05, 4.69) is 50.8 Å². The minimum Gasteiger partial charge on any atom is -0.322 e. The van der Waals surface area contributed by atoms with Crippen LogP contribution < -0.4 is 5.32 Å². The number of halogens is 2. The first-order valence-electron chi connectivity index (χ1n) is 5.44. The molecule has 0 atom stereocenters. The molecule has 0 aliphatic heterocycles. The van der Waals surface area contributed by atoms with Crippen LogP contribution in [-0.2, 0) is 6.42 Å². The Morgan fingerprint density at radius 1 is 1.44 bits per heavy atom. The van der Waals surface area contributed by atoms with E-state index in [0.29, 0.717) is 0 Å². The number of carbonyl (C=O) groups is 1. The van der Waals surface area contributed by atoms with E-state index in [-0.39, 0.29) is 5.91 Å². The molecule has 94 valence electrons. The molecule has 1 amide bonds. The highest BCUT2D eigenvalue weighted by Crippen LogP contribution is 2.23. The van der Waals surface area contributed by atoms with Gasteiger partial charge in [-0.1, -0.05) is 22.9 Å². The SMILES string of the molecule is CCc1cc(Br)ccc1NC(=O)c1csc(I)c1. The van der Waals surface area contributed by atoms with E-state index < -0.39 is 0 Å². The molecule has 1 N–H and O–H groups in total. The van der Waals surface area contributed by atoms with Gasteiger partial charge in [-0.05, 0) is 58.8 Å². The zero-order valence-electron chi connectivity index (χ0n) is 9.67. The minimum atomic E-state index is -0.0498. The predicted molar refractivity (Wildman–Crippen MR) is 88.5 cm³/mol. The number of nitrogens with one attached hydrogen (secondary N) is 1. The molecule has 5 heteroatoms. The maximum absolute atomic E-state index is 12.1. The standard InChI is InChI=1S/C13H11BrINOS/c1-2-8-5-10(14)3-4-11(8)16-13(17)9-6-12(15)18-7-9/h3-7H,2H2,1H3,(H,16,17). The highest BCUT2D eigenvalue weighted by Gasteiger charge is 2.10. The van der Waals surface area contributed by atoms with Crippen molar-refractivity contribution in [2.75, 3.05) is 5.32 Å². The fraction of sp³-hybridized carbons (Fsp3) is 0.154. The van der Waals surface area contributed by atoms with Crippen molar-refractivity contribution < 1.29 is 4.79 Å². The molecule has 0 saturated carbocycles. The molecule has 0 unspecified atom stereocenters. The van der Waals surface area contributed by atoms with Crippen LogP contribution in [0, 0.1) is 2.88 Å². The van der Waals surface area contributed by atoms with Gasteiger partial charge in [0.15, 0.2) is 0 Å². The van der Waals surface area contributed by atoms with Crippen LogP contribution in [0.2, 0.25) is 0 Å². The van der Waals surface area contributed by atoms with E-state index in [1.165, 1.54) is 0 Å². The lowest BCUT2D eigenvalue weighted by molar-refractivity contribution is 0.102. The molecule has 0 aliphatic rings. The summed E-state index contributed by atoms with van der Waals surface area (Å²) >= 11 is 7.23. The summed E-state index contributed by atoms with van der Waals surface area (Å²) in [6.07, 6.45) is 0.885. The first kappa shape index (κ1) is 14.0. The van der Waals surface area contributed by atoms with Crippen molar-refractivity contribution in [3.8, 4) is 0 Å². The van der Waals surface area contributed by atoms with E-state index in [1.54, 1.807) is 11.3 Å². The number of anilines is 1. The second-order valence-electron chi connectivity index (χ2n) is 3.75. The second kappa shape index (κ2) is 6.16. The lowest BCUT2D eigenvalue weighted by Crippen LogP contribution is -2.12. The zero-order chi connectivity index (χ0) is 13.1. The predicted octanol–water partition coefficient (Wildman–Crippen LogP) is 4.93. The number of aryl methyl sites for hydroxylation is 1. The summed E-state index contributed by atoms with van der Waals surface area (Å²) in [4.78, 5) is 12.1. The van der Waals surface area contributed by atoms with Crippen molar-refractivity contribution in [2.24, 2.45) is 0 Å². The van der Waals surface area contributed by atoms with Crippen LogP contribution in [0.15, 0.2) is 34.1 Å². The normalized spacial score (nSPS) is 10.4. The molecule has 1 aromatic heterocycles. The highest BCUT2D eigenvalue weighted by molar-refractivity contribution is 14.1. The van der Waals surface area contributed by atoms with Gasteiger partial charge in [0, 0.05) is 15.5 Å². The summed E-state index contributed by atoms with van der Waals surface area (Å²) in [5.41, 5.74) is 2.73. The van der Waals surface area contributed by atoms with Gasteiger partial charge in [-0.25, -0.2) is 0 Å². The van der Waals surface area contributed by atoms with Gasteiger partial charge in [0.2, 0.25) is 0 Å². The van der Waals surface area contributed by atoms with E-state index >= 15 is 0 Å². The van der Waals surface area contributed by atoms with Gasteiger partial charge in [-0.2, -0.15) is 0 Å². The summed E-state index contributed by atoms with van der Waals surface area (Å²) in [5.74, 6) is -0.0498.